The van der Waals surface area contributed by atoms with E-state index in [1.54, 1.807) is 7.11 Å². The lowest BCUT2D eigenvalue weighted by atomic mass is 10.1. The minimum Gasteiger partial charge on any atom is -0.479 e. The van der Waals surface area contributed by atoms with Crippen molar-refractivity contribution in [2.75, 3.05) is 26.8 Å². The minimum absolute atomic E-state index is 0.598. The van der Waals surface area contributed by atoms with Crippen molar-refractivity contribution in [3.05, 3.63) is 41.8 Å². The molecule has 0 N–H and O–H groups in total. The molecule has 0 saturated carbocycles. The van der Waals surface area contributed by atoms with Gasteiger partial charge in [-0.25, -0.2) is 5.01 Å². The predicted molar refractivity (Wildman–Crippen MR) is 103 cm³/mol. The summed E-state index contributed by atoms with van der Waals surface area (Å²) in [5.74, 6) is 1.43. The number of rotatable bonds is 9. The van der Waals surface area contributed by atoms with E-state index in [9.17, 15) is 0 Å². The van der Waals surface area contributed by atoms with Gasteiger partial charge in [0.2, 0.25) is 11.8 Å². The first-order valence-electron chi connectivity index (χ1n) is 9.37. The largest absolute Gasteiger partial charge is 0.479 e. The van der Waals surface area contributed by atoms with Crippen LogP contribution in [0, 0.1) is 0 Å². The van der Waals surface area contributed by atoms with Crippen LogP contribution in [0.3, 0.4) is 0 Å². The minimum atomic E-state index is 0.598. The van der Waals surface area contributed by atoms with Crippen molar-refractivity contribution in [1.29, 1.82) is 0 Å². The predicted octanol–water partition coefficient (Wildman–Crippen LogP) is 4.48. The third-order valence-electron chi connectivity index (χ3n) is 4.22. The number of hydrogen-bond donors (Lipinski definition) is 0. The fourth-order valence-electron chi connectivity index (χ4n) is 2.92. The molecule has 138 valence electrons. The number of nitrogens with zero attached hydrogens (tertiary/aromatic N) is 3. The summed E-state index contributed by atoms with van der Waals surface area (Å²) in [6, 6.07) is 10.2. The third-order valence-corrected chi connectivity index (χ3v) is 4.22. The number of hydrazone groups is 1. The molecular formula is C20H31N3O2. The first-order chi connectivity index (χ1) is 12.3. The van der Waals surface area contributed by atoms with Gasteiger partial charge >= 0.3 is 0 Å². The van der Waals surface area contributed by atoms with Crippen LogP contribution in [0.5, 0.6) is 0 Å². The molecule has 0 spiro atoms. The highest BCUT2D eigenvalue weighted by Gasteiger charge is 2.30. The fraction of sp³-hybridized carbons (Fsp3) is 0.550. The molecule has 0 aliphatic carbocycles. The molecule has 1 heterocycles. The van der Waals surface area contributed by atoms with Gasteiger partial charge in [0, 0.05) is 6.54 Å². The molecule has 0 atom stereocenters. The molecule has 1 aromatic carbocycles. The van der Waals surface area contributed by atoms with E-state index in [1.807, 2.05) is 23.3 Å². The molecule has 0 fully saturated rings. The summed E-state index contributed by atoms with van der Waals surface area (Å²) in [4.78, 5) is 0. The number of hydrazine groups is 1. The van der Waals surface area contributed by atoms with Gasteiger partial charge in [-0.3, -0.25) is 0 Å². The van der Waals surface area contributed by atoms with Crippen molar-refractivity contribution in [2.24, 2.45) is 5.10 Å². The Morgan fingerprint density at radius 1 is 0.960 bits per heavy atom. The van der Waals surface area contributed by atoms with E-state index in [4.69, 9.17) is 9.47 Å². The Morgan fingerprint density at radius 3 is 2.32 bits per heavy atom. The van der Waals surface area contributed by atoms with Gasteiger partial charge in [-0.15, -0.1) is 5.10 Å². The molecule has 1 aliphatic heterocycles. The Balaban J connectivity index is 2.35. The molecule has 5 heteroatoms. The van der Waals surface area contributed by atoms with Gasteiger partial charge < -0.3 is 9.47 Å². The van der Waals surface area contributed by atoms with Crippen LogP contribution >= 0.6 is 0 Å². The number of unbranched alkanes of at least 4 members (excludes halogenated alkanes) is 3. The van der Waals surface area contributed by atoms with Gasteiger partial charge in [-0.2, -0.15) is 5.12 Å². The van der Waals surface area contributed by atoms with Gasteiger partial charge in [0.05, 0.1) is 20.3 Å². The zero-order valence-corrected chi connectivity index (χ0v) is 16.0. The fourth-order valence-corrected chi connectivity index (χ4v) is 2.92. The van der Waals surface area contributed by atoms with Crippen LogP contribution in [0.1, 0.15) is 52.0 Å². The van der Waals surface area contributed by atoms with Gasteiger partial charge in [0.15, 0.2) is 0 Å². The van der Waals surface area contributed by atoms with Crippen molar-refractivity contribution in [3.63, 3.8) is 0 Å². The summed E-state index contributed by atoms with van der Waals surface area (Å²) >= 11 is 0. The monoisotopic (exact) mass is 345 g/mol. The molecule has 5 nitrogen and oxygen atoms in total. The summed E-state index contributed by atoms with van der Waals surface area (Å²) in [5, 5.41) is 8.65. The molecule has 0 saturated heterocycles. The Hall–Kier alpha value is -2.17. The van der Waals surface area contributed by atoms with Crippen molar-refractivity contribution in [1.82, 2.24) is 10.1 Å². The standard InChI is InChI=1S/C20H31N3O2/c1-5-8-9-13-16-25-20-18(17-14-11-10-12-15-17)19(24-4)21-23(7-3)22(20)6-2/h10-12,14-15H,5-9,13,16H2,1-4H3. The molecule has 0 bridgehead atoms. The number of hydrogen-bond acceptors (Lipinski definition) is 5. The van der Waals surface area contributed by atoms with Crippen LogP contribution < -0.4 is 0 Å². The van der Waals surface area contributed by atoms with Crippen LogP contribution in [0.25, 0.3) is 5.57 Å². The summed E-state index contributed by atoms with van der Waals surface area (Å²) in [6.45, 7) is 8.65. The average molecular weight is 345 g/mol. The molecular weight excluding hydrogens is 314 g/mol. The normalized spacial score (nSPS) is 14.6. The van der Waals surface area contributed by atoms with Crippen molar-refractivity contribution in [2.45, 2.75) is 46.5 Å². The summed E-state index contributed by atoms with van der Waals surface area (Å²) < 4.78 is 11.9. The van der Waals surface area contributed by atoms with E-state index in [1.165, 1.54) is 19.3 Å². The highest BCUT2D eigenvalue weighted by Crippen LogP contribution is 2.30. The van der Waals surface area contributed by atoms with Crippen LogP contribution in [-0.2, 0) is 9.47 Å². The molecule has 25 heavy (non-hydrogen) atoms. The van der Waals surface area contributed by atoms with Crippen LogP contribution in [0.4, 0.5) is 0 Å². The van der Waals surface area contributed by atoms with E-state index in [2.05, 4.69) is 43.0 Å². The summed E-state index contributed by atoms with van der Waals surface area (Å²) in [6.07, 6.45) is 4.72. The Bertz CT molecular complexity index is 584. The molecule has 0 radical (unpaired) electrons. The van der Waals surface area contributed by atoms with Crippen molar-refractivity contribution >= 4 is 11.5 Å². The Morgan fingerprint density at radius 2 is 1.72 bits per heavy atom. The van der Waals surface area contributed by atoms with E-state index in [-0.39, 0.29) is 0 Å². The van der Waals surface area contributed by atoms with Crippen LogP contribution in [0.15, 0.2) is 41.3 Å². The highest BCUT2D eigenvalue weighted by molar-refractivity contribution is 6.20. The molecule has 0 amide bonds. The summed E-state index contributed by atoms with van der Waals surface area (Å²) in [5.41, 5.74) is 1.98. The molecule has 1 aromatic rings. The second kappa shape index (κ2) is 9.97. The first kappa shape index (κ1) is 19.2. The van der Waals surface area contributed by atoms with Gasteiger partial charge in [-0.05, 0) is 25.8 Å². The molecule has 2 rings (SSSR count). The number of benzene rings is 1. The highest BCUT2D eigenvalue weighted by atomic mass is 16.5. The summed E-state index contributed by atoms with van der Waals surface area (Å²) in [7, 11) is 1.66. The zero-order chi connectivity index (χ0) is 18.1. The van der Waals surface area contributed by atoms with Gasteiger partial charge in [-0.1, -0.05) is 56.5 Å². The molecule has 0 unspecified atom stereocenters. The molecule has 0 aromatic heterocycles. The molecule has 1 aliphatic rings. The second-order valence-electron chi connectivity index (χ2n) is 5.97. The zero-order valence-electron chi connectivity index (χ0n) is 16.0. The van der Waals surface area contributed by atoms with Crippen LogP contribution in [0.2, 0.25) is 0 Å². The second-order valence-corrected chi connectivity index (χ2v) is 5.97. The van der Waals surface area contributed by atoms with Crippen molar-refractivity contribution in [3.8, 4) is 0 Å². The topological polar surface area (TPSA) is 37.3 Å². The van der Waals surface area contributed by atoms with E-state index < -0.39 is 0 Å². The maximum Gasteiger partial charge on any atom is 0.246 e. The van der Waals surface area contributed by atoms with E-state index >= 15 is 0 Å². The first-order valence-corrected chi connectivity index (χ1v) is 9.37. The maximum absolute atomic E-state index is 6.27. The lowest BCUT2D eigenvalue weighted by Crippen LogP contribution is -2.44. The van der Waals surface area contributed by atoms with Crippen molar-refractivity contribution < 1.29 is 9.47 Å². The van der Waals surface area contributed by atoms with Gasteiger partial charge in [0.25, 0.3) is 0 Å². The Labute approximate surface area is 151 Å². The van der Waals surface area contributed by atoms with Crippen LogP contribution in [-0.4, -0.2) is 42.8 Å². The Kier molecular flexibility index (Phi) is 7.64. The lowest BCUT2D eigenvalue weighted by molar-refractivity contribution is -0.0470. The van der Waals surface area contributed by atoms with E-state index in [0.717, 1.165) is 36.5 Å². The number of methoxy groups -OCH3 is 1. The smallest absolute Gasteiger partial charge is 0.246 e. The number of ether oxygens (including phenoxy) is 2. The average Bonchev–Trinajstić information content (AvgIpc) is 2.67. The lowest BCUT2D eigenvalue weighted by Gasteiger charge is -2.38. The SMILES string of the molecule is CCCCCCOC1=C(c2ccccc2)C(OC)=NN(CC)N1CC. The van der Waals surface area contributed by atoms with E-state index in [0.29, 0.717) is 12.5 Å². The quantitative estimate of drug-likeness (QED) is 0.618. The van der Waals surface area contributed by atoms with Gasteiger partial charge in [0.1, 0.15) is 5.57 Å². The maximum atomic E-state index is 6.27. The third kappa shape index (κ3) is 4.68.